The van der Waals surface area contributed by atoms with Gasteiger partial charge >= 0.3 is 6.09 Å². The number of carbonyl (C=O) groups excluding carboxylic acids is 1. The Balaban J connectivity index is 1.63. The van der Waals surface area contributed by atoms with E-state index < -0.39 is 5.60 Å². The number of aromatic nitrogens is 1. The van der Waals surface area contributed by atoms with E-state index in [4.69, 9.17) is 14.5 Å². The van der Waals surface area contributed by atoms with Crippen LogP contribution in [0.2, 0.25) is 0 Å². The predicted octanol–water partition coefficient (Wildman–Crippen LogP) is 5.31. The maximum Gasteiger partial charge on any atom is 0.407 e. The summed E-state index contributed by atoms with van der Waals surface area (Å²) in [6.45, 7) is 6.43. The van der Waals surface area contributed by atoms with Gasteiger partial charge in [0, 0.05) is 29.4 Å². The third kappa shape index (κ3) is 4.83. The number of methoxy groups -OCH3 is 1. The number of nitrogens with zero attached hydrogens (tertiary/aromatic N) is 1. The fraction of sp³-hybridized carbons (Fsp3) is 0.545. The molecular formula is C22H31N3O3S. The van der Waals surface area contributed by atoms with E-state index in [1.54, 1.807) is 25.5 Å². The molecule has 0 atom stereocenters. The van der Waals surface area contributed by atoms with Crippen LogP contribution in [0.15, 0.2) is 29.6 Å². The molecule has 2 aromatic rings. The number of carbonyl (C=O) groups is 1. The lowest BCUT2D eigenvalue weighted by Gasteiger charge is -2.48. The van der Waals surface area contributed by atoms with E-state index in [1.807, 2.05) is 24.3 Å². The molecule has 1 heterocycles. The molecule has 7 heteroatoms. The van der Waals surface area contributed by atoms with Crippen molar-refractivity contribution in [2.24, 2.45) is 5.41 Å². The van der Waals surface area contributed by atoms with Crippen molar-refractivity contribution in [3.8, 4) is 17.0 Å². The smallest absolute Gasteiger partial charge is 0.407 e. The fourth-order valence-electron chi connectivity index (χ4n) is 3.87. The Kier molecular flexibility index (Phi) is 6.36. The van der Waals surface area contributed by atoms with E-state index >= 15 is 0 Å². The normalized spacial score (nSPS) is 22.0. The number of thiazole rings is 1. The number of nitrogens with one attached hydrogen (secondary N) is 2. The number of hydrogen-bond acceptors (Lipinski definition) is 6. The summed E-state index contributed by atoms with van der Waals surface area (Å²) < 4.78 is 11.1. The Bertz CT molecular complexity index is 819. The second kappa shape index (κ2) is 8.61. The van der Waals surface area contributed by atoms with Gasteiger partial charge in [0.1, 0.15) is 11.4 Å². The summed E-state index contributed by atoms with van der Waals surface area (Å²) in [5.41, 5.74) is 1.47. The monoisotopic (exact) mass is 417 g/mol. The minimum absolute atomic E-state index is 0.118. The van der Waals surface area contributed by atoms with E-state index in [1.165, 1.54) is 0 Å². The highest BCUT2D eigenvalue weighted by atomic mass is 32.1. The Labute approximate surface area is 177 Å². The molecule has 1 amide bonds. The zero-order chi connectivity index (χ0) is 21.1. The number of hydrogen-bond donors (Lipinski definition) is 2. The van der Waals surface area contributed by atoms with Crippen LogP contribution in [-0.2, 0) is 4.74 Å². The quantitative estimate of drug-likeness (QED) is 0.689. The topological polar surface area (TPSA) is 72.5 Å². The lowest BCUT2D eigenvalue weighted by molar-refractivity contribution is -0.0928. The first-order valence-electron chi connectivity index (χ1n) is 10.0. The summed E-state index contributed by atoms with van der Waals surface area (Å²) in [5.74, 6) is 0.839. The van der Waals surface area contributed by atoms with Crippen molar-refractivity contribution >= 4 is 22.6 Å². The first kappa shape index (κ1) is 21.4. The van der Waals surface area contributed by atoms with E-state index in [0.29, 0.717) is 6.04 Å². The SMILES string of the molecule is CNC(=O)OC1(C(C)(C)C)CCC(Nc2nc(-c3ccc(OC)cc3)cs2)CC1. The van der Waals surface area contributed by atoms with Gasteiger partial charge in [-0.1, -0.05) is 20.8 Å². The molecule has 1 fully saturated rings. The molecule has 1 saturated carbocycles. The largest absolute Gasteiger partial charge is 0.497 e. The van der Waals surface area contributed by atoms with Gasteiger partial charge in [-0.05, 0) is 49.9 Å². The van der Waals surface area contributed by atoms with Crippen molar-refractivity contribution in [2.75, 3.05) is 19.5 Å². The zero-order valence-corrected chi connectivity index (χ0v) is 18.7. The summed E-state index contributed by atoms with van der Waals surface area (Å²) in [6.07, 6.45) is 3.18. The number of anilines is 1. The third-order valence-electron chi connectivity index (χ3n) is 5.87. The molecule has 0 saturated heterocycles. The van der Waals surface area contributed by atoms with Gasteiger partial charge in [-0.15, -0.1) is 11.3 Å². The van der Waals surface area contributed by atoms with Gasteiger partial charge in [0.2, 0.25) is 0 Å². The van der Waals surface area contributed by atoms with Crippen LogP contribution in [0.5, 0.6) is 5.75 Å². The van der Waals surface area contributed by atoms with Gasteiger partial charge in [0.05, 0.1) is 12.8 Å². The van der Waals surface area contributed by atoms with E-state index in [9.17, 15) is 4.79 Å². The first-order valence-corrected chi connectivity index (χ1v) is 10.9. The molecule has 0 bridgehead atoms. The first-order chi connectivity index (χ1) is 13.8. The summed E-state index contributed by atoms with van der Waals surface area (Å²) in [5, 5.41) is 9.17. The van der Waals surface area contributed by atoms with Crippen molar-refractivity contribution < 1.29 is 14.3 Å². The van der Waals surface area contributed by atoms with Crippen molar-refractivity contribution in [2.45, 2.75) is 58.1 Å². The predicted molar refractivity (Wildman–Crippen MR) is 118 cm³/mol. The average Bonchev–Trinajstić information content (AvgIpc) is 3.17. The number of benzene rings is 1. The van der Waals surface area contributed by atoms with E-state index in [2.05, 4.69) is 36.8 Å². The summed E-state index contributed by atoms with van der Waals surface area (Å²) >= 11 is 1.62. The standard InChI is InChI=1S/C22H31N3O3S/c1-21(2,3)22(28-20(26)23-4)12-10-16(11-13-22)24-19-25-18(14-29-19)15-6-8-17(27-5)9-7-15/h6-9,14,16H,10-13H2,1-5H3,(H,23,26)(H,24,25). The van der Waals surface area contributed by atoms with Gasteiger partial charge in [0.15, 0.2) is 5.13 Å². The van der Waals surface area contributed by atoms with Crippen molar-refractivity contribution in [3.05, 3.63) is 29.6 Å². The van der Waals surface area contributed by atoms with Crippen LogP contribution in [0, 0.1) is 5.41 Å². The maximum atomic E-state index is 11.9. The van der Waals surface area contributed by atoms with E-state index in [0.717, 1.165) is 47.8 Å². The highest BCUT2D eigenvalue weighted by molar-refractivity contribution is 7.14. The van der Waals surface area contributed by atoms with Crippen LogP contribution in [0.4, 0.5) is 9.93 Å². The molecule has 0 radical (unpaired) electrons. The third-order valence-corrected chi connectivity index (χ3v) is 6.64. The van der Waals surface area contributed by atoms with Crippen LogP contribution in [-0.4, -0.2) is 36.9 Å². The van der Waals surface area contributed by atoms with Crippen molar-refractivity contribution in [1.29, 1.82) is 0 Å². The molecule has 1 aliphatic carbocycles. The molecule has 0 aliphatic heterocycles. The second-order valence-electron chi connectivity index (χ2n) is 8.57. The van der Waals surface area contributed by atoms with Crippen LogP contribution < -0.4 is 15.4 Å². The van der Waals surface area contributed by atoms with Crippen LogP contribution in [0.25, 0.3) is 11.3 Å². The highest BCUT2D eigenvalue weighted by Crippen LogP contribution is 2.45. The van der Waals surface area contributed by atoms with Crippen LogP contribution in [0.1, 0.15) is 46.5 Å². The molecule has 1 aromatic heterocycles. The summed E-state index contributed by atoms with van der Waals surface area (Å²) in [4.78, 5) is 16.7. The van der Waals surface area contributed by atoms with Gasteiger partial charge in [0.25, 0.3) is 0 Å². The fourth-order valence-corrected chi connectivity index (χ4v) is 4.67. The zero-order valence-electron chi connectivity index (χ0n) is 17.9. The maximum absolute atomic E-state index is 11.9. The number of alkyl carbamates (subject to hydrolysis) is 1. The lowest BCUT2D eigenvalue weighted by atomic mass is 9.67. The summed E-state index contributed by atoms with van der Waals surface area (Å²) in [7, 11) is 3.27. The molecule has 2 N–H and O–H groups in total. The average molecular weight is 418 g/mol. The highest BCUT2D eigenvalue weighted by Gasteiger charge is 2.47. The Morgan fingerprint density at radius 3 is 2.41 bits per heavy atom. The second-order valence-corrected chi connectivity index (χ2v) is 9.43. The molecular weight excluding hydrogens is 386 g/mol. The van der Waals surface area contributed by atoms with Gasteiger partial charge in [-0.25, -0.2) is 9.78 Å². The Morgan fingerprint density at radius 1 is 1.21 bits per heavy atom. The number of amides is 1. The van der Waals surface area contributed by atoms with Gasteiger partial charge < -0.3 is 20.1 Å². The summed E-state index contributed by atoms with van der Waals surface area (Å²) in [6, 6.07) is 8.26. The molecule has 6 nitrogen and oxygen atoms in total. The van der Waals surface area contributed by atoms with Crippen molar-refractivity contribution in [3.63, 3.8) is 0 Å². The lowest BCUT2D eigenvalue weighted by Crippen LogP contribution is -2.52. The van der Waals surface area contributed by atoms with Crippen molar-refractivity contribution in [1.82, 2.24) is 10.3 Å². The molecule has 1 aliphatic rings. The number of ether oxygens (including phenoxy) is 2. The minimum Gasteiger partial charge on any atom is -0.497 e. The Hall–Kier alpha value is -2.28. The molecule has 3 rings (SSSR count). The van der Waals surface area contributed by atoms with Gasteiger partial charge in [-0.3, -0.25) is 0 Å². The van der Waals surface area contributed by atoms with Crippen LogP contribution >= 0.6 is 11.3 Å². The van der Waals surface area contributed by atoms with Gasteiger partial charge in [-0.2, -0.15) is 0 Å². The molecule has 0 unspecified atom stereocenters. The van der Waals surface area contributed by atoms with Crippen LogP contribution in [0.3, 0.4) is 0 Å². The minimum atomic E-state index is -0.442. The molecule has 158 valence electrons. The molecule has 29 heavy (non-hydrogen) atoms. The molecule has 1 aromatic carbocycles. The molecule has 0 spiro atoms. The van der Waals surface area contributed by atoms with E-state index in [-0.39, 0.29) is 11.5 Å². The Morgan fingerprint density at radius 2 is 1.86 bits per heavy atom. The number of rotatable bonds is 5.